The van der Waals surface area contributed by atoms with Crippen molar-refractivity contribution < 1.29 is 9.53 Å². The van der Waals surface area contributed by atoms with Crippen molar-refractivity contribution in [1.82, 2.24) is 15.0 Å². The van der Waals surface area contributed by atoms with Crippen LogP contribution < -0.4 is 10.1 Å². The second-order valence-electron chi connectivity index (χ2n) is 6.28. The number of hydrogen-bond donors (Lipinski definition) is 1. The molecule has 1 N–H and O–H groups in total. The Balaban J connectivity index is 1.64. The van der Waals surface area contributed by atoms with E-state index in [1.54, 1.807) is 30.5 Å². The molecule has 6 nitrogen and oxygen atoms in total. The van der Waals surface area contributed by atoms with Crippen molar-refractivity contribution in [3.63, 3.8) is 0 Å². The number of hydrogen-bond acceptors (Lipinski definition) is 5. The van der Waals surface area contributed by atoms with Gasteiger partial charge in [-0.15, -0.1) is 0 Å². The molecule has 0 unspecified atom stereocenters. The smallest absolute Gasteiger partial charge is 0.258 e. The van der Waals surface area contributed by atoms with Crippen LogP contribution in [0.25, 0.3) is 11.3 Å². The van der Waals surface area contributed by atoms with Gasteiger partial charge in [-0.25, -0.2) is 9.97 Å². The summed E-state index contributed by atoms with van der Waals surface area (Å²) in [5.41, 5.74) is 1.84. The van der Waals surface area contributed by atoms with E-state index in [1.807, 2.05) is 12.1 Å². The largest absolute Gasteiger partial charge is 0.473 e. The number of pyridine rings is 1. The molecule has 0 radical (unpaired) electrons. The van der Waals surface area contributed by atoms with Gasteiger partial charge < -0.3 is 10.1 Å². The maximum Gasteiger partial charge on any atom is 0.258 e. The van der Waals surface area contributed by atoms with Crippen LogP contribution >= 0.6 is 11.6 Å². The first-order valence-corrected chi connectivity index (χ1v) is 9.08. The summed E-state index contributed by atoms with van der Waals surface area (Å²) < 4.78 is 5.98. The summed E-state index contributed by atoms with van der Waals surface area (Å²) in [4.78, 5) is 25.3. The van der Waals surface area contributed by atoms with E-state index in [4.69, 9.17) is 16.3 Å². The molecular formula is C20H17ClN4O2. The third-order valence-corrected chi connectivity index (χ3v) is 4.60. The topological polar surface area (TPSA) is 77.0 Å². The lowest BCUT2D eigenvalue weighted by atomic mass is 9.96. The molecule has 3 aromatic rings. The van der Waals surface area contributed by atoms with E-state index in [9.17, 15) is 4.79 Å². The number of rotatable bonds is 5. The average Bonchev–Trinajstić information content (AvgIpc) is 2.67. The number of aromatic nitrogens is 3. The van der Waals surface area contributed by atoms with Crippen molar-refractivity contribution >= 4 is 23.3 Å². The molecule has 1 saturated carbocycles. The molecule has 1 aliphatic carbocycles. The zero-order chi connectivity index (χ0) is 18.6. The third kappa shape index (κ3) is 4.06. The molecule has 0 aliphatic heterocycles. The van der Waals surface area contributed by atoms with Crippen molar-refractivity contribution in [2.24, 2.45) is 0 Å². The van der Waals surface area contributed by atoms with Crippen molar-refractivity contribution in [2.45, 2.75) is 25.4 Å². The highest BCUT2D eigenvalue weighted by Crippen LogP contribution is 2.32. The molecule has 4 rings (SSSR count). The summed E-state index contributed by atoms with van der Waals surface area (Å²) in [5.74, 6) is 0.503. The molecule has 27 heavy (non-hydrogen) atoms. The fourth-order valence-electron chi connectivity index (χ4n) is 2.65. The van der Waals surface area contributed by atoms with Crippen LogP contribution in [-0.4, -0.2) is 27.0 Å². The van der Waals surface area contributed by atoms with Crippen molar-refractivity contribution in [1.29, 1.82) is 0 Å². The van der Waals surface area contributed by atoms with Crippen LogP contribution in [0, 0.1) is 0 Å². The number of anilines is 1. The quantitative estimate of drug-likeness (QED) is 0.710. The standard InChI is InChI=1S/C20H17ClN4O2/c21-15-8-6-13(7-9-15)18-20(27-16-4-1-5-16)23-12-17(24-18)25-19(26)14-3-2-10-22-11-14/h2-3,6-12,16H,1,4-5H2,(H,24,25,26). The van der Waals surface area contributed by atoms with Crippen LogP contribution in [0.1, 0.15) is 29.6 Å². The zero-order valence-corrected chi connectivity index (χ0v) is 15.2. The highest BCUT2D eigenvalue weighted by molar-refractivity contribution is 6.30. The minimum atomic E-state index is -0.299. The van der Waals surface area contributed by atoms with E-state index < -0.39 is 0 Å². The average molecular weight is 381 g/mol. The fourth-order valence-corrected chi connectivity index (χ4v) is 2.78. The highest BCUT2D eigenvalue weighted by atomic mass is 35.5. The third-order valence-electron chi connectivity index (χ3n) is 4.35. The Labute approximate surface area is 161 Å². The molecule has 2 aromatic heterocycles. The minimum absolute atomic E-state index is 0.168. The number of amides is 1. The van der Waals surface area contributed by atoms with Gasteiger partial charge in [-0.1, -0.05) is 23.7 Å². The predicted molar refractivity (Wildman–Crippen MR) is 103 cm³/mol. The van der Waals surface area contributed by atoms with Gasteiger partial charge in [0.05, 0.1) is 11.8 Å². The second-order valence-corrected chi connectivity index (χ2v) is 6.72. The van der Waals surface area contributed by atoms with Gasteiger partial charge >= 0.3 is 0 Å². The van der Waals surface area contributed by atoms with Gasteiger partial charge in [0.15, 0.2) is 5.82 Å². The van der Waals surface area contributed by atoms with Gasteiger partial charge in [-0.3, -0.25) is 9.78 Å². The van der Waals surface area contributed by atoms with Crippen LogP contribution in [-0.2, 0) is 0 Å². The lowest BCUT2D eigenvalue weighted by Crippen LogP contribution is -2.25. The molecule has 1 fully saturated rings. The van der Waals surface area contributed by atoms with Crippen molar-refractivity contribution in [2.75, 3.05) is 5.32 Å². The SMILES string of the molecule is O=C(Nc1cnc(OC2CCC2)c(-c2ccc(Cl)cc2)n1)c1cccnc1. The lowest BCUT2D eigenvalue weighted by molar-refractivity contribution is 0.102. The van der Waals surface area contributed by atoms with E-state index in [1.165, 1.54) is 12.4 Å². The molecule has 0 bridgehead atoms. The van der Waals surface area contributed by atoms with Crippen molar-refractivity contribution in [3.8, 4) is 17.1 Å². The summed E-state index contributed by atoms with van der Waals surface area (Å²) >= 11 is 5.99. The maximum absolute atomic E-state index is 12.4. The second kappa shape index (κ2) is 7.72. The normalized spacial score (nSPS) is 13.7. The number of nitrogens with one attached hydrogen (secondary N) is 1. The summed E-state index contributed by atoms with van der Waals surface area (Å²) in [6, 6.07) is 10.7. The number of carbonyl (C=O) groups excluding carboxylic acids is 1. The predicted octanol–water partition coefficient (Wildman–Crippen LogP) is 4.38. The van der Waals surface area contributed by atoms with Crippen LogP contribution in [0.3, 0.4) is 0 Å². The molecule has 0 saturated heterocycles. The zero-order valence-electron chi connectivity index (χ0n) is 14.4. The number of benzene rings is 1. The molecule has 136 valence electrons. The number of carbonyl (C=O) groups is 1. The summed E-state index contributed by atoms with van der Waals surface area (Å²) in [5, 5.41) is 3.39. The molecule has 1 aliphatic rings. The van der Waals surface area contributed by atoms with Crippen LogP contribution in [0.15, 0.2) is 55.0 Å². The van der Waals surface area contributed by atoms with Crippen LogP contribution in [0.2, 0.25) is 5.02 Å². The summed E-state index contributed by atoms with van der Waals surface area (Å²) in [6.07, 6.45) is 7.97. The maximum atomic E-state index is 12.4. The molecule has 7 heteroatoms. The number of nitrogens with zero attached hydrogens (tertiary/aromatic N) is 3. The molecule has 2 heterocycles. The first-order chi connectivity index (χ1) is 13.2. The van der Waals surface area contributed by atoms with Crippen LogP contribution in [0.4, 0.5) is 5.82 Å². The molecule has 1 aromatic carbocycles. The van der Waals surface area contributed by atoms with Gasteiger partial charge in [-0.05, 0) is 43.5 Å². The summed E-state index contributed by atoms with van der Waals surface area (Å²) in [6.45, 7) is 0. The molecule has 0 atom stereocenters. The lowest BCUT2D eigenvalue weighted by Gasteiger charge is -2.26. The molecule has 0 spiro atoms. The molecular weight excluding hydrogens is 364 g/mol. The summed E-state index contributed by atoms with van der Waals surface area (Å²) in [7, 11) is 0. The Bertz CT molecular complexity index is 944. The van der Waals surface area contributed by atoms with E-state index in [0.717, 1.165) is 24.8 Å². The molecule has 1 amide bonds. The first kappa shape index (κ1) is 17.4. The number of ether oxygens (including phenoxy) is 1. The van der Waals surface area contributed by atoms with Gasteiger partial charge in [0.25, 0.3) is 5.91 Å². The van der Waals surface area contributed by atoms with Gasteiger partial charge in [0, 0.05) is 23.0 Å². The van der Waals surface area contributed by atoms with Crippen molar-refractivity contribution in [3.05, 3.63) is 65.6 Å². The van der Waals surface area contributed by atoms with Gasteiger partial charge in [0.2, 0.25) is 5.88 Å². The Hall–Kier alpha value is -2.99. The van der Waals surface area contributed by atoms with Crippen LogP contribution in [0.5, 0.6) is 5.88 Å². The number of halogens is 1. The Morgan fingerprint density at radius 3 is 2.63 bits per heavy atom. The van der Waals surface area contributed by atoms with E-state index in [0.29, 0.717) is 28.0 Å². The highest BCUT2D eigenvalue weighted by Gasteiger charge is 2.22. The Morgan fingerprint density at radius 1 is 1.15 bits per heavy atom. The monoisotopic (exact) mass is 380 g/mol. The van der Waals surface area contributed by atoms with Gasteiger partial charge in [0.1, 0.15) is 11.8 Å². The van der Waals surface area contributed by atoms with E-state index in [2.05, 4.69) is 20.3 Å². The fraction of sp³-hybridized carbons (Fsp3) is 0.200. The van der Waals surface area contributed by atoms with E-state index in [-0.39, 0.29) is 12.0 Å². The first-order valence-electron chi connectivity index (χ1n) is 8.70. The van der Waals surface area contributed by atoms with E-state index >= 15 is 0 Å². The Morgan fingerprint density at radius 2 is 1.96 bits per heavy atom. The minimum Gasteiger partial charge on any atom is -0.473 e. The Kier molecular flexibility index (Phi) is 4.98. The van der Waals surface area contributed by atoms with Gasteiger partial charge in [-0.2, -0.15) is 0 Å².